The van der Waals surface area contributed by atoms with Gasteiger partial charge in [0, 0.05) is 24.2 Å². The summed E-state index contributed by atoms with van der Waals surface area (Å²) in [7, 11) is -3.66. The molecular formula is C16H26ClN3O3S. The average Bonchev–Trinajstić information content (AvgIpc) is 2.72. The molecule has 1 heterocycles. The normalized spacial score (nSPS) is 15.0. The topological polar surface area (TPSA) is 101 Å². The van der Waals surface area contributed by atoms with E-state index in [1.807, 2.05) is 13.8 Å². The zero-order valence-corrected chi connectivity index (χ0v) is 15.7. The molecule has 0 atom stereocenters. The number of fused-ring (bicyclic) bond motifs is 1. The lowest BCUT2D eigenvalue weighted by atomic mass is 9.95. The Morgan fingerprint density at radius 2 is 1.92 bits per heavy atom. The van der Waals surface area contributed by atoms with Gasteiger partial charge >= 0.3 is 0 Å². The van der Waals surface area contributed by atoms with Crippen molar-refractivity contribution in [3.8, 4) is 0 Å². The van der Waals surface area contributed by atoms with Crippen LogP contribution >= 0.6 is 12.4 Å². The van der Waals surface area contributed by atoms with Crippen LogP contribution in [-0.4, -0.2) is 26.4 Å². The second-order valence-corrected chi connectivity index (χ2v) is 7.70. The molecule has 8 heteroatoms. The largest absolute Gasteiger partial charge is 0.329 e. The summed E-state index contributed by atoms with van der Waals surface area (Å²) >= 11 is 0. The van der Waals surface area contributed by atoms with Gasteiger partial charge in [0.1, 0.15) is 0 Å². The van der Waals surface area contributed by atoms with Crippen molar-refractivity contribution in [2.45, 2.75) is 56.4 Å². The number of nitrogens with two attached hydrogens (primary N) is 1. The van der Waals surface area contributed by atoms with Crippen LogP contribution in [0.3, 0.4) is 0 Å². The van der Waals surface area contributed by atoms with E-state index in [1.54, 1.807) is 12.1 Å². The van der Waals surface area contributed by atoms with Gasteiger partial charge in [0.05, 0.1) is 4.90 Å². The van der Waals surface area contributed by atoms with Crippen molar-refractivity contribution in [2.24, 2.45) is 5.73 Å². The van der Waals surface area contributed by atoms with Crippen molar-refractivity contribution >= 4 is 34.0 Å². The predicted octanol–water partition coefficient (Wildman–Crippen LogP) is 2.18. The third-order valence-electron chi connectivity index (χ3n) is 4.61. The minimum atomic E-state index is -3.66. The van der Waals surface area contributed by atoms with Crippen LogP contribution in [0.1, 0.15) is 45.1 Å². The van der Waals surface area contributed by atoms with Crippen LogP contribution in [0.25, 0.3) is 0 Å². The molecule has 4 N–H and O–H groups in total. The summed E-state index contributed by atoms with van der Waals surface area (Å²) in [5.74, 6) is -0.0309. The van der Waals surface area contributed by atoms with E-state index in [2.05, 4.69) is 10.0 Å². The predicted molar refractivity (Wildman–Crippen MR) is 97.9 cm³/mol. The highest BCUT2D eigenvalue weighted by atomic mass is 35.5. The van der Waals surface area contributed by atoms with Gasteiger partial charge in [-0.3, -0.25) is 4.79 Å². The first-order valence-electron chi connectivity index (χ1n) is 8.02. The Labute approximate surface area is 150 Å². The maximum atomic E-state index is 12.7. The Kier molecular flexibility index (Phi) is 7.22. The molecule has 0 radical (unpaired) electrons. The van der Waals surface area contributed by atoms with E-state index in [4.69, 9.17) is 5.73 Å². The van der Waals surface area contributed by atoms with Crippen LogP contribution in [0.15, 0.2) is 23.1 Å². The van der Waals surface area contributed by atoms with E-state index in [1.165, 1.54) is 6.07 Å². The van der Waals surface area contributed by atoms with Crippen LogP contribution < -0.4 is 15.8 Å². The molecule has 1 aromatic carbocycles. The Morgan fingerprint density at radius 3 is 2.50 bits per heavy atom. The van der Waals surface area contributed by atoms with E-state index in [0.29, 0.717) is 37.8 Å². The molecule has 1 aliphatic heterocycles. The molecule has 0 fully saturated rings. The van der Waals surface area contributed by atoms with Gasteiger partial charge in [-0.15, -0.1) is 12.4 Å². The molecule has 2 rings (SSSR count). The Balaban J connectivity index is 0.00000288. The maximum absolute atomic E-state index is 12.7. The van der Waals surface area contributed by atoms with E-state index in [9.17, 15) is 13.2 Å². The van der Waals surface area contributed by atoms with Crippen LogP contribution in [0, 0.1) is 0 Å². The molecule has 0 spiro atoms. The molecule has 136 valence electrons. The quantitative estimate of drug-likeness (QED) is 0.709. The molecule has 1 aromatic rings. The minimum Gasteiger partial charge on any atom is -0.329 e. The first-order chi connectivity index (χ1) is 10.9. The number of halogens is 1. The number of carbonyl (C=O) groups is 1. The number of amides is 1. The summed E-state index contributed by atoms with van der Waals surface area (Å²) in [5.41, 5.74) is 6.71. The molecule has 6 nitrogen and oxygen atoms in total. The number of aryl methyl sites for hydroxylation is 1. The van der Waals surface area contributed by atoms with Crippen molar-refractivity contribution < 1.29 is 13.2 Å². The van der Waals surface area contributed by atoms with Gasteiger partial charge in [0.15, 0.2) is 0 Å². The molecule has 0 saturated carbocycles. The Hall–Kier alpha value is -1.15. The average molecular weight is 376 g/mol. The number of benzene rings is 1. The fourth-order valence-corrected chi connectivity index (χ4v) is 4.39. The van der Waals surface area contributed by atoms with E-state index in [-0.39, 0.29) is 29.8 Å². The minimum absolute atomic E-state index is 0. The van der Waals surface area contributed by atoms with Crippen molar-refractivity contribution in [3.63, 3.8) is 0 Å². The van der Waals surface area contributed by atoms with Crippen molar-refractivity contribution in [1.29, 1.82) is 0 Å². The molecule has 24 heavy (non-hydrogen) atoms. The first kappa shape index (κ1) is 20.9. The van der Waals surface area contributed by atoms with Gasteiger partial charge in [-0.25, -0.2) is 13.1 Å². The monoisotopic (exact) mass is 375 g/mol. The molecule has 0 bridgehead atoms. The number of hydrogen-bond donors (Lipinski definition) is 3. The first-order valence-corrected chi connectivity index (χ1v) is 9.51. The van der Waals surface area contributed by atoms with Gasteiger partial charge in [0.25, 0.3) is 0 Å². The summed E-state index contributed by atoms with van der Waals surface area (Å²) in [6, 6.07) is 4.84. The van der Waals surface area contributed by atoms with Crippen LogP contribution in [0.4, 0.5) is 5.69 Å². The summed E-state index contributed by atoms with van der Waals surface area (Å²) in [5, 5.41) is 2.81. The lowest BCUT2D eigenvalue weighted by molar-refractivity contribution is -0.116. The van der Waals surface area contributed by atoms with Crippen LogP contribution in [0.2, 0.25) is 0 Å². The van der Waals surface area contributed by atoms with Crippen molar-refractivity contribution in [1.82, 2.24) is 4.72 Å². The number of carbonyl (C=O) groups excluding carboxylic acids is 1. The molecule has 0 saturated heterocycles. The Bertz CT molecular complexity index is 680. The van der Waals surface area contributed by atoms with E-state index in [0.717, 1.165) is 5.56 Å². The molecule has 1 aliphatic rings. The zero-order chi connectivity index (χ0) is 17.1. The van der Waals surface area contributed by atoms with Gasteiger partial charge < -0.3 is 11.1 Å². The lowest BCUT2D eigenvalue weighted by Gasteiger charge is -2.31. The Morgan fingerprint density at radius 1 is 1.25 bits per heavy atom. The number of rotatable bonds is 6. The molecular weight excluding hydrogens is 350 g/mol. The molecule has 1 amide bonds. The maximum Gasteiger partial charge on any atom is 0.241 e. The second kappa shape index (κ2) is 8.29. The highest BCUT2D eigenvalue weighted by Crippen LogP contribution is 2.26. The van der Waals surface area contributed by atoms with Crippen LogP contribution in [-0.2, 0) is 21.2 Å². The smallest absolute Gasteiger partial charge is 0.241 e. The summed E-state index contributed by atoms with van der Waals surface area (Å²) in [6.45, 7) is 4.09. The summed E-state index contributed by atoms with van der Waals surface area (Å²) < 4.78 is 28.2. The standard InChI is InChI=1S/C16H25N3O3S.ClH/c1-3-16(4-2,11-17)19-23(21,22)13-8-9-14-12(10-13)6-5-7-15(20)18-14;/h8-10,19H,3-7,11,17H2,1-2H3,(H,18,20);1H. The SMILES string of the molecule is CCC(CC)(CN)NS(=O)(=O)c1ccc2c(c1)CCCC(=O)N2.Cl. The number of hydrogen-bond acceptors (Lipinski definition) is 4. The molecule has 0 aromatic heterocycles. The fraction of sp³-hybridized carbons (Fsp3) is 0.562. The van der Waals surface area contributed by atoms with Crippen LogP contribution in [0.5, 0.6) is 0 Å². The third-order valence-corrected chi connectivity index (χ3v) is 6.18. The highest BCUT2D eigenvalue weighted by molar-refractivity contribution is 7.89. The number of anilines is 1. The summed E-state index contributed by atoms with van der Waals surface area (Å²) in [6.07, 6.45) is 3.10. The van der Waals surface area contributed by atoms with Gasteiger partial charge in [0.2, 0.25) is 15.9 Å². The third kappa shape index (κ3) is 4.47. The van der Waals surface area contributed by atoms with Crippen molar-refractivity contribution in [3.05, 3.63) is 23.8 Å². The van der Waals surface area contributed by atoms with Gasteiger partial charge in [-0.1, -0.05) is 13.8 Å². The highest BCUT2D eigenvalue weighted by Gasteiger charge is 2.31. The summed E-state index contributed by atoms with van der Waals surface area (Å²) in [4.78, 5) is 11.8. The van der Waals surface area contributed by atoms with Gasteiger partial charge in [-0.05, 0) is 49.4 Å². The number of nitrogens with one attached hydrogen (secondary N) is 2. The lowest BCUT2D eigenvalue weighted by Crippen LogP contribution is -2.52. The van der Waals surface area contributed by atoms with E-state index >= 15 is 0 Å². The number of sulfonamides is 1. The van der Waals surface area contributed by atoms with Gasteiger partial charge in [-0.2, -0.15) is 0 Å². The van der Waals surface area contributed by atoms with E-state index < -0.39 is 15.6 Å². The fourth-order valence-electron chi connectivity index (χ4n) is 2.79. The zero-order valence-electron chi connectivity index (χ0n) is 14.1. The second-order valence-electron chi connectivity index (χ2n) is 6.02. The molecule has 0 unspecified atom stereocenters. The van der Waals surface area contributed by atoms with Crippen molar-refractivity contribution in [2.75, 3.05) is 11.9 Å². The molecule has 0 aliphatic carbocycles.